The average molecular weight is 288 g/mol. The number of aliphatic carboxylic acids is 1. The number of fused-ring (bicyclic) bond motifs is 2. The molecule has 0 fully saturated rings. The molecule has 0 amide bonds. The number of benzene rings is 2. The van der Waals surface area contributed by atoms with Crippen LogP contribution >= 0.6 is 0 Å². The van der Waals surface area contributed by atoms with Crippen LogP contribution in [0.4, 0.5) is 0 Å². The Hall–Kier alpha value is -2.14. The van der Waals surface area contributed by atoms with E-state index in [4.69, 9.17) is 5.11 Å². The Balaban J connectivity index is 2.33. The first-order chi connectivity index (χ1) is 9.51. The molecule has 0 radical (unpaired) electrons. The molecule has 1 N–H and O–H groups in total. The zero-order chi connectivity index (χ0) is 14.3. The Morgan fingerprint density at radius 2 is 1.40 bits per heavy atom. The van der Waals surface area contributed by atoms with Crippen molar-refractivity contribution in [3.8, 4) is 0 Å². The van der Waals surface area contributed by atoms with Crippen molar-refractivity contribution in [1.29, 1.82) is 0 Å². The number of hydrogen-bond acceptors (Lipinski definition) is 3. The molecule has 2 aromatic rings. The number of rotatable bonds is 2. The van der Waals surface area contributed by atoms with Crippen molar-refractivity contribution < 1.29 is 18.3 Å². The summed E-state index contributed by atoms with van der Waals surface area (Å²) in [6.07, 6.45) is -0.121. The largest absolute Gasteiger partial charge is 0.481 e. The van der Waals surface area contributed by atoms with Crippen LogP contribution in [0.3, 0.4) is 0 Å². The summed E-state index contributed by atoms with van der Waals surface area (Å²) in [6.45, 7) is 0. The van der Waals surface area contributed by atoms with Crippen molar-refractivity contribution in [1.82, 2.24) is 0 Å². The van der Waals surface area contributed by atoms with Gasteiger partial charge in [-0.15, -0.1) is 0 Å². The number of sulfone groups is 1. The van der Waals surface area contributed by atoms with Crippen LogP contribution in [0.5, 0.6) is 0 Å². The highest BCUT2D eigenvalue weighted by Crippen LogP contribution is 2.43. The molecule has 102 valence electrons. The highest BCUT2D eigenvalue weighted by molar-refractivity contribution is 7.91. The molecule has 1 aliphatic rings. The highest BCUT2D eigenvalue weighted by atomic mass is 32.2. The van der Waals surface area contributed by atoms with Crippen molar-refractivity contribution >= 4 is 15.8 Å². The number of carboxylic acid groups (broad SMARTS) is 1. The maximum Gasteiger partial charge on any atom is 0.304 e. The number of carbonyl (C=O) groups is 1. The van der Waals surface area contributed by atoms with Crippen LogP contribution in [-0.4, -0.2) is 19.5 Å². The summed E-state index contributed by atoms with van der Waals surface area (Å²) in [7, 11) is -3.56. The zero-order valence-electron chi connectivity index (χ0n) is 10.5. The normalized spacial score (nSPS) is 16.2. The fourth-order valence-corrected chi connectivity index (χ4v) is 4.50. The van der Waals surface area contributed by atoms with E-state index in [1.54, 1.807) is 36.4 Å². The minimum atomic E-state index is -3.56. The first kappa shape index (κ1) is 12.9. The van der Waals surface area contributed by atoms with E-state index in [0.29, 0.717) is 11.1 Å². The second-order valence-corrected chi connectivity index (χ2v) is 6.62. The van der Waals surface area contributed by atoms with E-state index in [-0.39, 0.29) is 16.2 Å². The third-order valence-corrected chi connectivity index (χ3v) is 5.45. The fraction of sp³-hybridized carbons (Fsp3) is 0.133. The van der Waals surface area contributed by atoms with Gasteiger partial charge in [-0.2, -0.15) is 0 Å². The summed E-state index contributed by atoms with van der Waals surface area (Å²) in [4.78, 5) is 11.5. The molecule has 5 heteroatoms. The number of hydrogen-bond donors (Lipinski definition) is 1. The molecular weight excluding hydrogens is 276 g/mol. The van der Waals surface area contributed by atoms with E-state index in [2.05, 4.69) is 0 Å². The van der Waals surface area contributed by atoms with Gasteiger partial charge in [0.15, 0.2) is 0 Å². The van der Waals surface area contributed by atoms with E-state index >= 15 is 0 Å². The molecule has 0 aliphatic carbocycles. The second-order valence-electron chi connectivity index (χ2n) is 4.73. The van der Waals surface area contributed by atoms with Gasteiger partial charge in [-0.1, -0.05) is 36.4 Å². The molecule has 0 bridgehead atoms. The third-order valence-electron chi connectivity index (χ3n) is 3.55. The summed E-state index contributed by atoms with van der Waals surface area (Å²) in [5, 5.41) is 9.10. The predicted octanol–water partition coefficient (Wildman–Crippen LogP) is 2.44. The van der Waals surface area contributed by atoms with Crippen molar-refractivity contribution in [2.75, 3.05) is 0 Å². The van der Waals surface area contributed by atoms with Gasteiger partial charge >= 0.3 is 5.97 Å². The van der Waals surface area contributed by atoms with Gasteiger partial charge in [0.25, 0.3) is 0 Å². The van der Waals surface area contributed by atoms with Gasteiger partial charge in [-0.05, 0) is 23.3 Å². The standard InChI is InChI=1S/C15H12O4S/c16-15(17)9-12-10-5-1-3-7-13(10)20(18,19)14-8-4-2-6-11(12)14/h1-8,12H,9H2,(H,16,17). The van der Waals surface area contributed by atoms with Gasteiger partial charge in [0.2, 0.25) is 9.84 Å². The van der Waals surface area contributed by atoms with E-state index < -0.39 is 21.7 Å². The van der Waals surface area contributed by atoms with Crippen molar-refractivity contribution in [3.63, 3.8) is 0 Å². The molecular formula is C15H12O4S. The van der Waals surface area contributed by atoms with Gasteiger partial charge in [-0.25, -0.2) is 8.42 Å². The van der Waals surface area contributed by atoms with Crippen LogP contribution in [0.2, 0.25) is 0 Å². The Morgan fingerprint density at radius 3 is 1.85 bits per heavy atom. The van der Waals surface area contributed by atoms with Crippen molar-refractivity contribution in [3.05, 3.63) is 59.7 Å². The molecule has 0 atom stereocenters. The van der Waals surface area contributed by atoms with Gasteiger partial charge in [0.05, 0.1) is 16.2 Å². The number of carboxylic acids is 1. The van der Waals surface area contributed by atoms with Gasteiger partial charge in [0, 0.05) is 5.92 Å². The summed E-state index contributed by atoms with van der Waals surface area (Å²) >= 11 is 0. The Labute approximate surface area is 116 Å². The first-order valence-electron chi connectivity index (χ1n) is 6.16. The van der Waals surface area contributed by atoms with E-state index in [1.807, 2.05) is 0 Å². The lowest BCUT2D eigenvalue weighted by Gasteiger charge is -2.27. The smallest absolute Gasteiger partial charge is 0.304 e. The monoisotopic (exact) mass is 288 g/mol. The third kappa shape index (κ3) is 1.82. The predicted molar refractivity (Wildman–Crippen MR) is 72.4 cm³/mol. The molecule has 1 heterocycles. The molecule has 2 aromatic carbocycles. The minimum Gasteiger partial charge on any atom is -0.481 e. The summed E-state index contributed by atoms with van der Waals surface area (Å²) < 4.78 is 25.2. The van der Waals surface area contributed by atoms with Crippen LogP contribution in [0, 0.1) is 0 Å². The molecule has 0 spiro atoms. The minimum absolute atomic E-state index is 0.121. The Kier molecular flexibility index (Phi) is 2.87. The van der Waals surface area contributed by atoms with Crippen molar-refractivity contribution in [2.45, 2.75) is 22.1 Å². The quantitative estimate of drug-likeness (QED) is 0.921. The molecule has 1 aliphatic heterocycles. The summed E-state index contributed by atoms with van der Waals surface area (Å²) in [5.74, 6) is -1.37. The molecule has 4 nitrogen and oxygen atoms in total. The fourth-order valence-electron chi connectivity index (χ4n) is 2.71. The van der Waals surface area contributed by atoms with Crippen LogP contribution < -0.4 is 0 Å². The maximum absolute atomic E-state index is 12.6. The topological polar surface area (TPSA) is 71.4 Å². The van der Waals surface area contributed by atoms with Gasteiger partial charge < -0.3 is 5.11 Å². The second kappa shape index (κ2) is 4.45. The SMILES string of the molecule is O=C(O)CC1c2ccccc2S(=O)(=O)c2ccccc21. The van der Waals surface area contributed by atoms with E-state index in [9.17, 15) is 13.2 Å². The lowest BCUT2D eigenvalue weighted by atomic mass is 9.88. The van der Waals surface area contributed by atoms with E-state index in [1.165, 1.54) is 12.1 Å². The average Bonchev–Trinajstić information content (AvgIpc) is 2.44. The maximum atomic E-state index is 12.6. The Morgan fingerprint density at radius 1 is 0.950 bits per heavy atom. The van der Waals surface area contributed by atoms with Gasteiger partial charge in [0.1, 0.15) is 0 Å². The summed E-state index contributed by atoms with van der Waals surface area (Å²) in [5.41, 5.74) is 1.13. The molecule has 0 unspecified atom stereocenters. The summed E-state index contributed by atoms with van der Waals surface area (Å²) in [6, 6.07) is 13.2. The van der Waals surface area contributed by atoms with Crippen LogP contribution in [-0.2, 0) is 14.6 Å². The van der Waals surface area contributed by atoms with Gasteiger partial charge in [-0.3, -0.25) is 4.79 Å². The molecule has 0 saturated carbocycles. The van der Waals surface area contributed by atoms with Crippen LogP contribution in [0.15, 0.2) is 58.3 Å². The van der Waals surface area contributed by atoms with Crippen molar-refractivity contribution in [2.24, 2.45) is 0 Å². The molecule has 0 aromatic heterocycles. The van der Waals surface area contributed by atoms with Crippen LogP contribution in [0.1, 0.15) is 23.5 Å². The lowest BCUT2D eigenvalue weighted by molar-refractivity contribution is -0.137. The zero-order valence-corrected chi connectivity index (χ0v) is 11.3. The highest BCUT2D eigenvalue weighted by Gasteiger charge is 2.35. The molecule has 20 heavy (non-hydrogen) atoms. The first-order valence-corrected chi connectivity index (χ1v) is 7.65. The Bertz CT molecular complexity index is 740. The molecule has 0 saturated heterocycles. The van der Waals surface area contributed by atoms with E-state index in [0.717, 1.165) is 0 Å². The van der Waals surface area contributed by atoms with Crippen LogP contribution in [0.25, 0.3) is 0 Å². The molecule has 3 rings (SSSR count). The lowest BCUT2D eigenvalue weighted by Crippen LogP contribution is -2.20.